The summed E-state index contributed by atoms with van der Waals surface area (Å²) >= 11 is 1.11. The SMILES string of the molecule is COc1ccc(/C=C2\N=C(SCC(=O)NC(=O)NC3CC3)N(c3cc(C)cc(C)c3)C2=O)cc1. The van der Waals surface area contributed by atoms with Gasteiger partial charge >= 0.3 is 6.03 Å². The molecule has 4 rings (SSSR count). The Hall–Kier alpha value is -3.59. The van der Waals surface area contributed by atoms with Crippen molar-refractivity contribution in [3.8, 4) is 5.75 Å². The molecule has 0 saturated heterocycles. The molecule has 8 nitrogen and oxygen atoms in total. The minimum Gasteiger partial charge on any atom is -0.497 e. The maximum absolute atomic E-state index is 13.4. The fourth-order valence-corrected chi connectivity index (χ4v) is 4.31. The van der Waals surface area contributed by atoms with E-state index in [9.17, 15) is 14.4 Å². The molecule has 2 aliphatic rings. The zero-order valence-electron chi connectivity index (χ0n) is 19.3. The van der Waals surface area contributed by atoms with Crippen molar-refractivity contribution >= 4 is 46.5 Å². The lowest BCUT2D eigenvalue weighted by Crippen LogP contribution is -2.41. The number of hydrogen-bond donors (Lipinski definition) is 2. The van der Waals surface area contributed by atoms with Crippen LogP contribution < -0.4 is 20.3 Å². The fourth-order valence-electron chi connectivity index (χ4n) is 3.50. The first-order chi connectivity index (χ1) is 16.3. The lowest BCUT2D eigenvalue weighted by Gasteiger charge is -2.19. The lowest BCUT2D eigenvalue weighted by atomic mass is 10.1. The van der Waals surface area contributed by atoms with Crippen molar-refractivity contribution in [1.29, 1.82) is 0 Å². The predicted molar refractivity (Wildman–Crippen MR) is 134 cm³/mol. The summed E-state index contributed by atoms with van der Waals surface area (Å²) in [5.41, 5.74) is 3.76. The van der Waals surface area contributed by atoms with Gasteiger partial charge in [-0.2, -0.15) is 0 Å². The van der Waals surface area contributed by atoms with Gasteiger partial charge in [0.2, 0.25) is 5.91 Å². The molecule has 1 aliphatic carbocycles. The molecule has 0 bridgehead atoms. The smallest absolute Gasteiger partial charge is 0.321 e. The Morgan fingerprint density at radius 1 is 1.15 bits per heavy atom. The molecule has 0 atom stereocenters. The van der Waals surface area contributed by atoms with Gasteiger partial charge in [-0.3, -0.25) is 19.8 Å². The highest BCUT2D eigenvalue weighted by Crippen LogP contribution is 2.31. The Kier molecular flexibility index (Phi) is 7.02. The number of aryl methyl sites for hydroxylation is 2. The van der Waals surface area contributed by atoms with E-state index in [1.807, 2.05) is 56.3 Å². The number of nitrogens with zero attached hydrogens (tertiary/aromatic N) is 2. The molecule has 176 valence electrons. The third-order valence-electron chi connectivity index (χ3n) is 5.21. The summed E-state index contributed by atoms with van der Waals surface area (Å²) in [5, 5.41) is 5.42. The fraction of sp³-hybridized carbons (Fsp3) is 0.280. The van der Waals surface area contributed by atoms with E-state index in [-0.39, 0.29) is 23.4 Å². The van der Waals surface area contributed by atoms with Crippen LogP contribution in [0, 0.1) is 13.8 Å². The number of urea groups is 1. The zero-order chi connectivity index (χ0) is 24.2. The van der Waals surface area contributed by atoms with Crippen molar-refractivity contribution < 1.29 is 19.1 Å². The normalized spacial score (nSPS) is 16.4. The first kappa shape index (κ1) is 23.6. The molecule has 2 aromatic carbocycles. The number of methoxy groups -OCH3 is 1. The van der Waals surface area contributed by atoms with Crippen molar-refractivity contribution in [1.82, 2.24) is 10.6 Å². The number of thioether (sulfide) groups is 1. The molecule has 0 aromatic heterocycles. The van der Waals surface area contributed by atoms with Gasteiger partial charge in [0, 0.05) is 6.04 Å². The number of rotatable bonds is 6. The predicted octanol–water partition coefficient (Wildman–Crippen LogP) is 3.78. The summed E-state index contributed by atoms with van der Waals surface area (Å²) < 4.78 is 5.19. The van der Waals surface area contributed by atoms with Crippen LogP contribution in [0.5, 0.6) is 5.75 Å². The molecular weight excluding hydrogens is 452 g/mol. The van der Waals surface area contributed by atoms with Gasteiger partial charge in [-0.1, -0.05) is 30.0 Å². The first-order valence-electron chi connectivity index (χ1n) is 10.9. The summed E-state index contributed by atoms with van der Waals surface area (Å²) in [6.45, 7) is 3.92. The number of aliphatic imine (C=N–C) groups is 1. The highest BCUT2D eigenvalue weighted by molar-refractivity contribution is 8.14. The number of hydrogen-bond acceptors (Lipinski definition) is 6. The first-order valence-corrected chi connectivity index (χ1v) is 11.9. The topological polar surface area (TPSA) is 100 Å². The summed E-state index contributed by atoms with van der Waals surface area (Å²) in [4.78, 5) is 43.6. The Bertz CT molecular complexity index is 1170. The van der Waals surface area contributed by atoms with Gasteiger partial charge in [0.05, 0.1) is 18.6 Å². The standard InChI is InChI=1S/C25H26N4O4S/c1-15-10-16(2)12-19(11-15)29-23(31)21(13-17-4-8-20(33-3)9-5-17)27-25(29)34-14-22(30)28-24(32)26-18-6-7-18/h4-5,8-13,18H,6-7,14H2,1-3H3,(H2,26,28,30,32)/b21-13-. The molecule has 2 N–H and O–H groups in total. The Morgan fingerprint density at radius 2 is 1.82 bits per heavy atom. The largest absolute Gasteiger partial charge is 0.497 e. The molecule has 2 aromatic rings. The van der Waals surface area contributed by atoms with Crippen LogP contribution in [0.3, 0.4) is 0 Å². The number of carbonyl (C=O) groups is 3. The van der Waals surface area contributed by atoms with Crippen molar-refractivity contribution in [3.63, 3.8) is 0 Å². The van der Waals surface area contributed by atoms with E-state index in [1.54, 1.807) is 13.2 Å². The van der Waals surface area contributed by atoms with Crippen LogP contribution in [0.1, 0.15) is 29.5 Å². The van der Waals surface area contributed by atoms with Gasteiger partial charge in [0.25, 0.3) is 5.91 Å². The highest BCUT2D eigenvalue weighted by Gasteiger charge is 2.33. The van der Waals surface area contributed by atoms with Crippen LogP contribution in [-0.4, -0.2) is 41.9 Å². The number of benzene rings is 2. The van der Waals surface area contributed by atoms with Crippen LogP contribution in [0.4, 0.5) is 10.5 Å². The third-order valence-corrected chi connectivity index (χ3v) is 6.15. The third kappa shape index (κ3) is 5.85. The second-order valence-corrected chi connectivity index (χ2v) is 9.21. The molecule has 0 spiro atoms. The van der Waals surface area contributed by atoms with Crippen LogP contribution in [0.2, 0.25) is 0 Å². The van der Waals surface area contributed by atoms with E-state index in [2.05, 4.69) is 15.6 Å². The summed E-state index contributed by atoms with van der Waals surface area (Å²) in [5.74, 6) is -0.0730. The quantitative estimate of drug-likeness (QED) is 0.616. The Labute approximate surface area is 202 Å². The summed E-state index contributed by atoms with van der Waals surface area (Å²) in [7, 11) is 1.59. The van der Waals surface area contributed by atoms with Crippen LogP contribution in [0.15, 0.2) is 53.2 Å². The van der Waals surface area contributed by atoms with E-state index in [1.165, 1.54) is 4.90 Å². The van der Waals surface area contributed by atoms with E-state index in [4.69, 9.17) is 4.74 Å². The Morgan fingerprint density at radius 3 is 2.44 bits per heavy atom. The summed E-state index contributed by atoms with van der Waals surface area (Å²) in [6, 6.07) is 12.8. The van der Waals surface area contributed by atoms with Crippen molar-refractivity contribution in [3.05, 3.63) is 64.9 Å². The van der Waals surface area contributed by atoms with Crippen molar-refractivity contribution in [2.24, 2.45) is 4.99 Å². The number of amidine groups is 1. The Balaban J connectivity index is 1.56. The molecule has 1 aliphatic heterocycles. The minimum absolute atomic E-state index is 0.0543. The van der Waals surface area contributed by atoms with Gasteiger partial charge in [0.1, 0.15) is 11.4 Å². The van der Waals surface area contributed by atoms with E-state index in [0.29, 0.717) is 16.6 Å². The second kappa shape index (κ2) is 10.1. The number of carbonyl (C=O) groups excluding carboxylic acids is 3. The molecule has 1 saturated carbocycles. The van der Waals surface area contributed by atoms with Crippen LogP contribution >= 0.6 is 11.8 Å². The van der Waals surface area contributed by atoms with Gasteiger partial charge in [-0.05, 0) is 73.7 Å². The van der Waals surface area contributed by atoms with Gasteiger partial charge in [-0.15, -0.1) is 0 Å². The number of anilines is 1. The molecule has 34 heavy (non-hydrogen) atoms. The maximum Gasteiger partial charge on any atom is 0.321 e. The molecule has 9 heteroatoms. The lowest BCUT2D eigenvalue weighted by molar-refractivity contribution is -0.117. The number of imide groups is 1. The highest BCUT2D eigenvalue weighted by atomic mass is 32.2. The summed E-state index contributed by atoms with van der Waals surface area (Å²) in [6.07, 6.45) is 3.57. The van der Waals surface area contributed by atoms with Gasteiger partial charge < -0.3 is 10.1 Å². The molecule has 1 fully saturated rings. The van der Waals surface area contributed by atoms with Crippen LogP contribution in [-0.2, 0) is 9.59 Å². The second-order valence-electron chi connectivity index (χ2n) is 8.27. The molecule has 4 amide bonds. The molecule has 0 radical (unpaired) electrons. The number of nitrogens with one attached hydrogen (secondary N) is 2. The van der Waals surface area contributed by atoms with Crippen molar-refractivity contribution in [2.75, 3.05) is 17.8 Å². The zero-order valence-corrected chi connectivity index (χ0v) is 20.1. The minimum atomic E-state index is -0.496. The van der Waals surface area contributed by atoms with E-state index >= 15 is 0 Å². The van der Waals surface area contributed by atoms with Gasteiger partial charge in [0.15, 0.2) is 5.17 Å². The number of ether oxygens (including phenoxy) is 1. The molecular formula is C25H26N4O4S. The maximum atomic E-state index is 13.4. The monoisotopic (exact) mass is 478 g/mol. The van der Waals surface area contributed by atoms with E-state index in [0.717, 1.165) is 41.3 Å². The van der Waals surface area contributed by atoms with E-state index < -0.39 is 11.9 Å². The molecule has 1 heterocycles. The average Bonchev–Trinajstić information content (AvgIpc) is 3.54. The van der Waals surface area contributed by atoms with Crippen molar-refractivity contribution in [2.45, 2.75) is 32.7 Å². The number of amides is 4. The average molecular weight is 479 g/mol. The molecule has 0 unspecified atom stereocenters. The van der Waals surface area contributed by atoms with Gasteiger partial charge in [-0.25, -0.2) is 9.79 Å². The van der Waals surface area contributed by atoms with Crippen LogP contribution in [0.25, 0.3) is 6.08 Å².